The summed E-state index contributed by atoms with van der Waals surface area (Å²) in [5.41, 5.74) is 1.35. The molecule has 3 aromatic rings. The summed E-state index contributed by atoms with van der Waals surface area (Å²) in [5, 5.41) is 29.9. The smallest absolute Gasteiger partial charge is 0.268 e. The number of benzene rings is 2. The van der Waals surface area contributed by atoms with Gasteiger partial charge >= 0.3 is 0 Å². The van der Waals surface area contributed by atoms with Crippen molar-refractivity contribution in [2.45, 2.75) is 42.3 Å². The van der Waals surface area contributed by atoms with Crippen LogP contribution in [-0.4, -0.2) is 65.5 Å². The van der Waals surface area contributed by atoms with E-state index in [0.717, 1.165) is 10.9 Å². The number of aliphatic hydroxyl groups excluding tert-OH is 3. The zero-order chi connectivity index (χ0) is 22.0. The van der Waals surface area contributed by atoms with Gasteiger partial charge in [-0.05, 0) is 30.2 Å². The van der Waals surface area contributed by atoms with Crippen molar-refractivity contribution in [1.82, 2.24) is 3.97 Å². The van der Waals surface area contributed by atoms with Crippen LogP contribution in [0.15, 0.2) is 65.7 Å². The summed E-state index contributed by atoms with van der Waals surface area (Å²) in [6, 6.07) is 15.5. The van der Waals surface area contributed by atoms with E-state index in [-0.39, 0.29) is 24.5 Å². The van der Waals surface area contributed by atoms with Crippen LogP contribution in [0.2, 0.25) is 0 Å². The normalized spacial score (nSPS) is 24.5. The molecule has 2 aromatic carbocycles. The lowest BCUT2D eigenvalue weighted by Gasteiger charge is -2.36. The summed E-state index contributed by atoms with van der Waals surface area (Å²) in [6.07, 6.45) is -1.73. The standard InChI is InChI=1S/C22H25NO7S/c24-14-21-19(25)12-20(26)22(30-21)29-11-10-15-13-23(18-9-5-4-8-17(15)18)31(27,28)16-6-2-1-3-7-16/h1-9,13,19-22,24-26H,10-12,14H2/t19-,20-,21-,22-/m1/s1. The van der Waals surface area contributed by atoms with Crippen molar-refractivity contribution in [3.8, 4) is 0 Å². The van der Waals surface area contributed by atoms with Gasteiger partial charge < -0.3 is 24.8 Å². The van der Waals surface area contributed by atoms with E-state index >= 15 is 0 Å². The Balaban J connectivity index is 1.54. The maximum atomic E-state index is 13.2. The Hall–Kier alpha value is -2.27. The van der Waals surface area contributed by atoms with E-state index < -0.39 is 34.6 Å². The van der Waals surface area contributed by atoms with Crippen LogP contribution in [0.25, 0.3) is 10.9 Å². The summed E-state index contributed by atoms with van der Waals surface area (Å²) in [6.45, 7) is -0.214. The summed E-state index contributed by atoms with van der Waals surface area (Å²) in [5.74, 6) is 0. The van der Waals surface area contributed by atoms with Crippen LogP contribution in [0, 0.1) is 0 Å². The second-order valence-electron chi connectivity index (χ2n) is 7.50. The van der Waals surface area contributed by atoms with Gasteiger partial charge in [0.1, 0.15) is 12.2 Å². The van der Waals surface area contributed by atoms with E-state index in [0.29, 0.717) is 11.9 Å². The molecule has 1 fully saturated rings. The zero-order valence-electron chi connectivity index (χ0n) is 16.7. The molecule has 8 nitrogen and oxygen atoms in total. The number of fused-ring (bicyclic) bond motifs is 1. The van der Waals surface area contributed by atoms with Crippen LogP contribution in [0.1, 0.15) is 12.0 Å². The number of hydrogen-bond donors (Lipinski definition) is 3. The summed E-state index contributed by atoms with van der Waals surface area (Å²) in [4.78, 5) is 0.200. The van der Waals surface area contributed by atoms with Gasteiger partial charge in [0, 0.05) is 18.0 Å². The highest BCUT2D eigenvalue weighted by atomic mass is 32.2. The number of nitrogens with zero attached hydrogens (tertiary/aromatic N) is 1. The number of aliphatic hydroxyl groups is 3. The van der Waals surface area contributed by atoms with Crippen molar-refractivity contribution in [1.29, 1.82) is 0 Å². The molecule has 31 heavy (non-hydrogen) atoms. The van der Waals surface area contributed by atoms with E-state index in [1.54, 1.807) is 48.7 Å². The molecule has 0 radical (unpaired) electrons. The first-order chi connectivity index (χ1) is 14.9. The quantitative estimate of drug-likeness (QED) is 0.499. The van der Waals surface area contributed by atoms with Gasteiger partial charge in [-0.25, -0.2) is 12.4 Å². The lowest BCUT2D eigenvalue weighted by atomic mass is 10.0. The highest BCUT2D eigenvalue weighted by molar-refractivity contribution is 7.90. The average molecular weight is 448 g/mol. The molecule has 4 atom stereocenters. The first-order valence-corrected chi connectivity index (χ1v) is 11.5. The molecule has 1 aromatic heterocycles. The summed E-state index contributed by atoms with van der Waals surface area (Å²) >= 11 is 0. The number of para-hydroxylation sites is 1. The third-order valence-electron chi connectivity index (χ3n) is 5.43. The first-order valence-electron chi connectivity index (χ1n) is 10.1. The largest absolute Gasteiger partial charge is 0.394 e. The van der Waals surface area contributed by atoms with Crippen LogP contribution in [0.3, 0.4) is 0 Å². The van der Waals surface area contributed by atoms with Crippen molar-refractivity contribution in [2.24, 2.45) is 0 Å². The molecule has 1 aliphatic rings. The van der Waals surface area contributed by atoms with Crippen molar-refractivity contribution >= 4 is 20.9 Å². The topological polar surface area (TPSA) is 118 Å². The van der Waals surface area contributed by atoms with Gasteiger partial charge in [-0.15, -0.1) is 0 Å². The zero-order valence-corrected chi connectivity index (χ0v) is 17.6. The van der Waals surface area contributed by atoms with Gasteiger partial charge in [-0.2, -0.15) is 0 Å². The molecule has 4 rings (SSSR count). The Morgan fingerprint density at radius 2 is 1.74 bits per heavy atom. The van der Waals surface area contributed by atoms with Crippen molar-refractivity contribution in [2.75, 3.05) is 13.2 Å². The second kappa shape index (κ2) is 9.07. The Bertz CT molecular complexity index is 1130. The van der Waals surface area contributed by atoms with Gasteiger partial charge in [0.15, 0.2) is 6.29 Å². The number of aromatic nitrogens is 1. The van der Waals surface area contributed by atoms with Crippen molar-refractivity contribution < 1.29 is 33.2 Å². The first kappa shape index (κ1) is 21.9. The Morgan fingerprint density at radius 1 is 1.03 bits per heavy atom. The van der Waals surface area contributed by atoms with Gasteiger partial charge in [0.05, 0.1) is 29.7 Å². The third-order valence-corrected chi connectivity index (χ3v) is 7.12. The Labute approximate surface area is 180 Å². The fraction of sp³-hybridized carbons (Fsp3) is 0.364. The molecular formula is C22H25NO7S. The minimum Gasteiger partial charge on any atom is -0.394 e. The number of hydrogen-bond acceptors (Lipinski definition) is 7. The van der Waals surface area contributed by atoms with Gasteiger partial charge in [0.2, 0.25) is 0 Å². The Morgan fingerprint density at radius 3 is 2.48 bits per heavy atom. The molecule has 0 aliphatic carbocycles. The molecule has 0 unspecified atom stereocenters. The maximum absolute atomic E-state index is 13.2. The molecule has 166 valence electrons. The van der Waals surface area contributed by atoms with Crippen molar-refractivity contribution in [3.63, 3.8) is 0 Å². The molecule has 9 heteroatoms. The van der Waals surface area contributed by atoms with E-state index in [1.165, 1.54) is 3.97 Å². The fourth-order valence-electron chi connectivity index (χ4n) is 3.79. The molecular weight excluding hydrogens is 422 g/mol. The second-order valence-corrected chi connectivity index (χ2v) is 9.32. The monoisotopic (exact) mass is 447 g/mol. The van der Waals surface area contributed by atoms with Crippen LogP contribution < -0.4 is 0 Å². The van der Waals surface area contributed by atoms with E-state index in [1.807, 2.05) is 12.1 Å². The van der Waals surface area contributed by atoms with Gasteiger partial charge in [-0.3, -0.25) is 0 Å². The minimum absolute atomic E-state index is 0.0462. The number of ether oxygens (including phenoxy) is 2. The number of rotatable bonds is 7. The predicted octanol–water partition coefficient (Wildman–Crippen LogP) is 1.27. The maximum Gasteiger partial charge on any atom is 0.268 e. The van der Waals surface area contributed by atoms with Crippen LogP contribution in [0.5, 0.6) is 0 Å². The molecule has 2 heterocycles. The van der Waals surface area contributed by atoms with Crippen LogP contribution >= 0.6 is 0 Å². The highest BCUT2D eigenvalue weighted by Crippen LogP contribution is 2.27. The third kappa shape index (κ3) is 4.38. The van der Waals surface area contributed by atoms with Gasteiger partial charge in [0.25, 0.3) is 10.0 Å². The average Bonchev–Trinajstić information content (AvgIpc) is 3.15. The SMILES string of the molecule is O=S(=O)(c1ccccc1)n1cc(CCO[C@@H]2O[C@H](CO)[C@H](O)C[C@H]2O)c2ccccc21. The van der Waals surface area contributed by atoms with Gasteiger partial charge in [-0.1, -0.05) is 36.4 Å². The molecule has 0 saturated carbocycles. The molecule has 1 aliphatic heterocycles. The highest BCUT2D eigenvalue weighted by Gasteiger charge is 2.36. The van der Waals surface area contributed by atoms with Crippen molar-refractivity contribution in [3.05, 3.63) is 66.4 Å². The fourth-order valence-corrected chi connectivity index (χ4v) is 5.20. The molecule has 0 spiro atoms. The molecule has 1 saturated heterocycles. The van der Waals surface area contributed by atoms with Crippen LogP contribution in [-0.2, 0) is 25.9 Å². The Kier molecular flexibility index (Phi) is 6.42. The minimum atomic E-state index is -3.76. The molecule has 3 N–H and O–H groups in total. The summed E-state index contributed by atoms with van der Waals surface area (Å²) < 4.78 is 38.7. The van der Waals surface area contributed by atoms with Crippen LogP contribution in [0.4, 0.5) is 0 Å². The lowest BCUT2D eigenvalue weighted by Crippen LogP contribution is -2.49. The lowest BCUT2D eigenvalue weighted by molar-refractivity contribution is -0.269. The molecule has 0 amide bonds. The predicted molar refractivity (Wildman–Crippen MR) is 113 cm³/mol. The van der Waals surface area contributed by atoms with E-state index in [2.05, 4.69) is 0 Å². The summed E-state index contributed by atoms with van der Waals surface area (Å²) in [7, 11) is -3.76. The van der Waals surface area contributed by atoms with E-state index in [9.17, 15) is 23.7 Å². The molecule has 0 bridgehead atoms. The van der Waals surface area contributed by atoms with E-state index in [4.69, 9.17) is 9.47 Å².